The Hall–Kier alpha value is -1.35. The Morgan fingerprint density at radius 3 is 2.95 bits per heavy atom. The number of hydrogen-bond donors (Lipinski definition) is 1. The number of carbonyl (C=O) groups excluding carboxylic acids is 1. The largest absolute Gasteiger partial charge is 0.396 e. The summed E-state index contributed by atoms with van der Waals surface area (Å²) in [6, 6.07) is 6.28. The van der Waals surface area contributed by atoms with Crippen LogP contribution >= 0.6 is 0 Å². The number of nitrogens with zero attached hydrogens (tertiary/aromatic N) is 1. The van der Waals surface area contributed by atoms with Crippen molar-refractivity contribution in [3.63, 3.8) is 0 Å². The summed E-state index contributed by atoms with van der Waals surface area (Å²) in [7, 11) is 0. The van der Waals surface area contributed by atoms with Crippen molar-refractivity contribution < 1.29 is 9.90 Å². The Labute approximate surface area is 121 Å². The van der Waals surface area contributed by atoms with E-state index in [2.05, 4.69) is 32.0 Å². The third kappa shape index (κ3) is 3.83. The first kappa shape index (κ1) is 15.0. The number of aliphatic hydroxyl groups excluding tert-OH is 1. The number of piperidine rings is 1. The van der Waals surface area contributed by atoms with E-state index in [9.17, 15) is 4.79 Å². The summed E-state index contributed by atoms with van der Waals surface area (Å²) in [6.07, 6.45) is 3.50. The van der Waals surface area contributed by atoms with E-state index in [-0.39, 0.29) is 12.5 Å². The Balaban J connectivity index is 1.99. The second-order valence-corrected chi connectivity index (χ2v) is 5.97. The number of rotatable bonds is 4. The Kier molecular flexibility index (Phi) is 5.18. The van der Waals surface area contributed by atoms with Gasteiger partial charge in [-0.3, -0.25) is 4.79 Å². The lowest BCUT2D eigenvalue weighted by molar-refractivity contribution is -0.132. The second-order valence-electron chi connectivity index (χ2n) is 5.97. The fraction of sp³-hybridized carbons (Fsp3) is 0.588. The molecule has 1 aliphatic heterocycles. The van der Waals surface area contributed by atoms with Gasteiger partial charge in [-0.15, -0.1) is 0 Å². The van der Waals surface area contributed by atoms with Crippen LogP contribution in [0.25, 0.3) is 0 Å². The Morgan fingerprint density at radius 2 is 2.20 bits per heavy atom. The third-order valence-corrected chi connectivity index (χ3v) is 4.26. The molecule has 1 aromatic carbocycles. The van der Waals surface area contributed by atoms with Crippen molar-refractivity contribution in [2.24, 2.45) is 5.92 Å². The van der Waals surface area contributed by atoms with Gasteiger partial charge in [0.1, 0.15) is 0 Å². The molecule has 1 aliphatic rings. The van der Waals surface area contributed by atoms with E-state index in [1.165, 1.54) is 11.1 Å². The summed E-state index contributed by atoms with van der Waals surface area (Å²) in [5.74, 6) is 0.692. The molecular formula is C17H25NO2. The van der Waals surface area contributed by atoms with Crippen LogP contribution in [-0.2, 0) is 11.2 Å². The van der Waals surface area contributed by atoms with Gasteiger partial charge in [0.25, 0.3) is 0 Å². The zero-order valence-electron chi connectivity index (χ0n) is 12.6. The van der Waals surface area contributed by atoms with E-state index in [1.807, 2.05) is 4.90 Å². The molecule has 0 spiro atoms. The van der Waals surface area contributed by atoms with Crippen molar-refractivity contribution in [3.05, 3.63) is 34.9 Å². The van der Waals surface area contributed by atoms with Crippen LogP contribution in [-0.4, -0.2) is 35.6 Å². The quantitative estimate of drug-likeness (QED) is 0.917. The number of aliphatic hydroxyl groups is 1. The summed E-state index contributed by atoms with van der Waals surface area (Å²) in [6.45, 7) is 6.03. The van der Waals surface area contributed by atoms with Gasteiger partial charge >= 0.3 is 0 Å². The van der Waals surface area contributed by atoms with Gasteiger partial charge in [-0.2, -0.15) is 0 Å². The van der Waals surface area contributed by atoms with E-state index in [4.69, 9.17) is 5.11 Å². The van der Waals surface area contributed by atoms with Crippen LogP contribution in [0.4, 0.5) is 0 Å². The van der Waals surface area contributed by atoms with Gasteiger partial charge in [0.15, 0.2) is 0 Å². The van der Waals surface area contributed by atoms with Crippen molar-refractivity contribution in [1.29, 1.82) is 0 Å². The smallest absolute Gasteiger partial charge is 0.227 e. The fourth-order valence-electron chi connectivity index (χ4n) is 2.98. The monoisotopic (exact) mass is 275 g/mol. The van der Waals surface area contributed by atoms with Crippen LogP contribution < -0.4 is 0 Å². The van der Waals surface area contributed by atoms with Gasteiger partial charge in [0, 0.05) is 19.7 Å². The Morgan fingerprint density at radius 1 is 1.40 bits per heavy atom. The first-order chi connectivity index (χ1) is 9.60. The molecule has 2 rings (SSSR count). The summed E-state index contributed by atoms with van der Waals surface area (Å²) in [5, 5.41) is 9.04. The molecule has 1 N–H and O–H groups in total. The van der Waals surface area contributed by atoms with Crippen molar-refractivity contribution in [1.82, 2.24) is 4.90 Å². The molecule has 0 saturated carbocycles. The van der Waals surface area contributed by atoms with E-state index in [0.717, 1.165) is 37.9 Å². The number of amides is 1. The van der Waals surface area contributed by atoms with Crippen LogP contribution in [0.2, 0.25) is 0 Å². The number of benzene rings is 1. The molecule has 0 radical (unpaired) electrons. The normalized spacial score (nSPS) is 19.1. The molecule has 0 bridgehead atoms. The zero-order valence-corrected chi connectivity index (χ0v) is 12.6. The average Bonchev–Trinajstić information content (AvgIpc) is 2.43. The predicted octanol–water partition coefficient (Wildman–Crippen LogP) is 2.47. The highest BCUT2D eigenvalue weighted by Crippen LogP contribution is 2.20. The molecule has 0 aliphatic carbocycles. The zero-order chi connectivity index (χ0) is 14.5. The van der Waals surface area contributed by atoms with Gasteiger partial charge in [-0.25, -0.2) is 0 Å². The molecule has 3 heteroatoms. The molecule has 110 valence electrons. The number of hydrogen-bond acceptors (Lipinski definition) is 2. The molecule has 1 fully saturated rings. The maximum absolute atomic E-state index is 12.4. The summed E-state index contributed by atoms with van der Waals surface area (Å²) in [5.41, 5.74) is 3.53. The van der Waals surface area contributed by atoms with Crippen molar-refractivity contribution in [2.75, 3.05) is 19.7 Å². The summed E-state index contributed by atoms with van der Waals surface area (Å²) >= 11 is 0. The number of carbonyl (C=O) groups is 1. The molecule has 3 nitrogen and oxygen atoms in total. The standard InChI is InChI=1S/C17H25NO2/c1-13-5-6-14(2)16(10-13)11-17(20)18-8-3-4-15(12-18)7-9-19/h5-6,10,15,19H,3-4,7-9,11-12H2,1-2H3. The number of aryl methyl sites for hydroxylation is 2. The number of likely N-dealkylation sites (tertiary alicyclic amines) is 1. The molecule has 20 heavy (non-hydrogen) atoms. The lowest BCUT2D eigenvalue weighted by Gasteiger charge is -2.32. The predicted molar refractivity (Wildman–Crippen MR) is 80.6 cm³/mol. The first-order valence-electron chi connectivity index (χ1n) is 7.55. The molecule has 1 aromatic rings. The molecule has 1 heterocycles. The van der Waals surface area contributed by atoms with Gasteiger partial charge < -0.3 is 10.0 Å². The van der Waals surface area contributed by atoms with Crippen molar-refractivity contribution in [3.8, 4) is 0 Å². The van der Waals surface area contributed by atoms with Crippen LogP contribution in [0.5, 0.6) is 0 Å². The maximum atomic E-state index is 12.4. The van der Waals surface area contributed by atoms with E-state index >= 15 is 0 Å². The van der Waals surface area contributed by atoms with E-state index in [1.54, 1.807) is 0 Å². The molecule has 1 unspecified atom stereocenters. The van der Waals surface area contributed by atoms with E-state index < -0.39 is 0 Å². The molecule has 0 aromatic heterocycles. The van der Waals surface area contributed by atoms with Gasteiger partial charge in [-0.05, 0) is 50.2 Å². The van der Waals surface area contributed by atoms with Crippen molar-refractivity contribution in [2.45, 2.75) is 39.5 Å². The van der Waals surface area contributed by atoms with Gasteiger partial charge in [0.2, 0.25) is 5.91 Å². The minimum Gasteiger partial charge on any atom is -0.396 e. The van der Waals surface area contributed by atoms with E-state index in [0.29, 0.717) is 12.3 Å². The molecule has 1 saturated heterocycles. The minimum absolute atomic E-state index is 0.223. The van der Waals surface area contributed by atoms with Crippen LogP contribution in [0.1, 0.15) is 36.0 Å². The minimum atomic E-state index is 0.223. The Bertz CT molecular complexity index is 468. The third-order valence-electron chi connectivity index (χ3n) is 4.26. The fourth-order valence-corrected chi connectivity index (χ4v) is 2.98. The summed E-state index contributed by atoms with van der Waals surface area (Å²) < 4.78 is 0. The molecular weight excluding hydrogens is 250 g/mol. The average molecular weight is 275 g/mol. The maximum Gasteiger partial charge on any atom is 0.227 e. The lowest BCUT2D eigenvalue weighted by Crippen LogP contribution is -2.41. The van der Waals surface area contributed by atoms with Gasteiger partial charge in [0.05, 0.1) is 6.42 Å². The topological polar surface area (TPSA) is 40.5 Å². The SMILES string of the molecule is Cc1ccc(C)c(CC(=O)N2CCCC(CCO)C2)c1. The van der Waals surface area contributed by atoms with Gasteiger partial charge in [-0.1, -0.05) is 23.8 Å². The van der Waals surface area contributed by atoms with Crippen LogP contribution in [0, 0.1) is 19.8 Å². The lowest BCUT2D eigenvalue weighted by atomic mass is 9.94. The highest BCUT2D eigenvalue weighted by Gasteiger charge is 2.23. The second kappa shape index (κ2) is 6.89. The first-order valence-corrected chi connectivity index (χ1v) is 7.55. The van der Waals surface area contributed by atoms with Crippen LogP contribution in [0.3, 0.4) is 0 Å². The van der Waals surface area contributed by atoms with Crippen LogP contribution in [0.15, 0.2) is 18.2 Å². The molecule has 1 atom stereocenters. The highest BCUT2D eigenvalue weighted by molar-refractivity contribution is 5.79. The molecule has 1 amide bonds. The summed E-state index contributed by atoms with van der Waals surface area (Å²) in [4.78, 5) is 14.4. The van der Waals surface area contributed by atoms with Crippen molar-refractivity contribution >= 4 is 5.91 Å². The highest BCUT2D eigenvalue weighted by atomic mass is 16.3.